The molecule has 1 amide bonds. The highest BCUT2D eigenvalue weighted by Gasteiger charge is 2.38. The van der Waals surface area contributed by atoms with E-state index in [1.807, 2.05) is 42.5 Å². The Morgan fingerprint density at radius 1 is 0.889 bits per heavy atom. The number of benzene rings is 3. The number of hydrogen-bond acceptors (Lipinski definition) is 3. The summed E-state index contributed by atoms with van der Waals surface area (Å²) in [7, 11) is 0. The zero-order chi connectivity index (χ0) is 19.3. The minimum atomic E-state index is -1.89. The number of rotatable bonds is 7. The fourth-order valence-corrected chi connectivity index (χ4v) is 3.38. The first-order valence-electron chi connectivity index (χ1n) is 8.98. The molecule has 0 aromatic heterocycles. The zero-order valence-corrected chi connectivity index (χ0v) is 15.1. The van der Waals surface area contributed by atoms with Crippen molar-refractivity contribution in [3.63, 3.8) is 0 Å². The lowest BCUT2D eigenvalue weighted by atomic mass is 9.83. The average molecular weight is 360 g/mol. The van der Waals surface area contributed by atoms with Crippen LogP contribution in [-0.2, 0) is 16.8 Å². The van der Waals surface area contributed by atoms with Crippen molar-refractivity contribution in [2.24, 2.45) is 11.5 Å². The van der Waals surface area contributed by atoms with Gasteiger partial charge in [-0.25, -0.2) is 0 Å². The fourth-order valence-electron chi connectivity index (χ4n) is 3.38. The van der Waals surface area contributed by atoms with Crippen molar-refractivity contribution in [3.8, 4) is 0 Å². The molecular weight excluding hydrogens is 336 g/mol. The Kier molecular flexibility index (Phi) is 5.69. The van der Waals surface area contributed by atoms with Crippen LogP contribution in [0.25, 0.3) is 0 Å². The summed E-state index contributed by atoms with van der Waals surface area (Å²) in [5, 5.41) is 11.2. The number of carbonyl (C=O) groups is 1. The predicted molar refractivity (Wildman–Crippen MR) is 107 cm³/mol. The fraction of sp³-hybridized carbons (Fsp3) is 0.174. The van der Waals surface area contributed by atoms with Gasteiger partial charge in [0.15, 0.2) is 5.60 Å². The van der Waals surface area contributed by atoms with Crippen molar-refractivity contribution in [1.82, 2.24) is 0 Å². The first-order chi connectivity index (χ1) is 13.1. The molecule has 0 spiro atoms. The number of amides is 1. The number of aliphatic hydroxyl groups is 1. The lowest BCUT2D eigenvalue weighted by Gasteiger charge is -2.27. The van der Waals surface area contributed by atoms with Gasteiger partial charge in [0.1, 0.15) is 0 Å². The molecule has 0 saturated carbocycles. The number of primary amides is 1. The summed E-state index contributed by atoms with van der Waals surface area (Å²) in [4.78, 5) is 12.2. The molecule has 4 nitrogen and oxygen atoms in total. The maximum Gasteiger partial charge on any atom is 0.258 e. The maximum atomic E-state index is 12.2. The second-order valence-corrected chi connectivity index (χ2v) is 6.69. The molecule has 2 unspecified atom stereocenters. The van der Waals surface area contributed by atoms with Gasteiger partial charge in [0, 0.05) is 5.92 Å². The molecule has 0 aliphatic rings. The number of nitrogens with two attached hydrogens (primary N) is 2. The summed E-state index contributed by atoms with van der Waals surface area (Å²) in [5.41, 5.74) is 12.8. The summed E-state index contributed by atoms with van der Waals surface area (Å²) in [5.74, 6) is -0.738. The second-order valence-electron chi connectivity index (χ2n) is 6.69. The number of carbonyl (C=O) groups excluding carboxylic acids is 1. The molecule has 0 heterocycles. The second kappa shape index (κ2) is 8.16. The summed E-state index contributed by atoms with van der Waals surface area (Å²) >= 11 is 0. The van der Waals surface area contributed by atoms with Crippen LogP contribution >= 0.6 is 0 Å². The van der Waals surface area contributed by atoms with E-state index in [9.17, 15) is 9.90 Å². The molecule has 2 atom stereocenters. The van der Waals surface area contributed by atoms with Gasteiger partial charge in [-0.3, -0.25) is 4.79 Å². The van der Waals surface area contributed by atoms with Crippen molar-refractivity contribution in [2.75, 3.05) is 6.54 Å². The molecule has 0 radical (unpaired) electrons. The van der Waals surface area contributed by atoms with E-state index in [1.165, 1.54) is 5.56 Å². The van der Waals surface area contributed by atoms with Crippen LogP contribution in [0.3, 0.4) is 0 Å². The Bertz CT molecular complexity index is 897. The topological polar surface area (TPSA) is 89.3 Å². The summed E-state index contributed by atoms with van der Waals surface area (Å²) in [6, 6.07) is 26.2. The minimum Gasteiger partial charge on any atom is -0.372 e. The van der Waals surface area contributed by atoms with Gasteiger partial charge < -0.3 is 16.6 Å². The molecular formula is C23H24N2O2. The van der Waals surface area contributed by atoms with Crippen molar-refractivity contribution in [1.29, 1.82) is 0 Å². The van der Waals surface area contributed by atoms with Gasteiger partial charge in [-0.1, -0.05) is 84.9 Å². The lowest BCUT2D eigenvalue weighted by molar-refractivity contribution is -0.133. The van der Waals surface area contributed by atoms with Gasteiger partial charge >= 0.3 is 0 Å². The number of hydrogen-bond donors (Lipinski definition) is 3. The Morgan fingerprint density at radius 3 is 2.07 bits per heavy atom. The molecule has 138 valence electrons. The van der Waals surface area contributed by atoms with Gasteiger partial charge in [0.05, 0.1) is 0 Å². The molecule has 5 N–H and O–H groups in total. The third kappa shape index (κ3) is 3.92. The van der Waals surface area contributed by atoms with Crippen molar-refractivity contribution < 1.29 is 9.90 Å². The summed E-state index contributed by atoms with van der Waals surface area (Å²) in [6.45, 7) is 0.457. The van der Waals surface area contributed by atoms with Crippen LogP contribution in [0.1, 0.15) is 28.2 Å². The highest BCUT2D eigenvalue weighted by molar-refractivity contribution is 5.88. The molecule has 0 fully saturated rings. The van der Waals surface area contributed by atoms with E-state index in [2.05, 4.69) is 12.1 Å². The van der Waals surface area contributed by atoms with Gasteiger partial charge in [0.25, 0.3) is 5.91 Å². The van der Waals surface area contributed by atoms with E-state index in [-0.39, 0.29) is 5.92 Å². The zero-order valence-electron chi connectivity index (χ0n) is 15.1. The SMILES string of the molecule is NCC(Cc1ccccc1)c1cccc(C(O)(C(N)=O)c2ccccc2)c1. The molecule has 0 aliphatic heterocycles. The Balaban J connectivity index is 1.99. The van der Waals surface area contributed by atoms with E-state index < -0.39 is 11.5 Å². The van der Waals surface area contributed by atoms with E-state index in [0.29, 0.717) is 17.7 Å². The smallest absolute Gasteiger partial charge is 0.258 e. The van der Waals surface area contributed by atoms with Crippen LogP contribution in [-0.4, -0.2) is 17.6 Å². The standard InChI is InChI=1S/C23H24N2O2/c24-16-19(14-17-8-3-1-4-9-17)18-10-7-13-21(15-18)23(27,22(25)26)20-11-5-2-6-12-20/h1-13,15,19,27H,14,16,24H2,(H2,25,26). The average Bonchev–Trinajstić information content (AvgIpc) is 2.72. The van der Waals surface area contributed by atoms with Crippen LogP contribution in [0.5, 0.6) is 0 Å². The molecule has 3 aromatic carbocycles. The van der Waals surface area contributed by atoms with Crippen molar-refractivity contribution in [2.45, 2.75) is 17.9 Å². The van der Waals surface area contributed by atoms with Crippen molar-refractivity contribution >= 4 is 5.91 Å². The minimum absolute atomic E-state index is 0.0697. The largest absolute Gasteiger partial charge is 0.372 e. The maximum absolute atomic E-state index is 12.2. The van der Waals surface area contributed by atoms with Crippen LogP contribution in [0, 0.1) is 0 Å². The first kappa shape index (κ1) is 18.8. The Morgan fingerprint density at radius 2 is 1.48 bits per heavy atom. The lowest BCUT2D eigenvalue weighted by Crippen LogP contribution is -2.42. The van der Waals surface area contributed by atoms with Gasteiger partial charge in [-0.15, -0.1) is 0 Å². The molecule has 0 saturated heterocycles. The first-order valence-corrected chi connectivity index (χ1v) is 8.98. The summed E-state index contributed by atoms with van der Waals surface area (Å²) < 4.78 is 0. The predicted octanol–water partition coefficient (Wildman–Crippen LogP) is 2.69. The van der Waals surface area contributed by atoms with Gasteiger partial charge in [-0.2, -0.15) is 0 Å². The van der Waals surface area contributed by atoms with E-state index in [0.717, 1.165) is 12.0 Å². The summed E-state index contributed by atoms with van der Waals surface area (Å²) in [6.07, 6.45) is 0.779. The van der Waals surface area contributed by atoms with E-state index in [4.69, 9.17) is 11.5 Å². The van der Waals surface area contributed by atoms with Crippen LogP contribution < -0.4 is 11.5 Å². The van der Waals surface area contributed by atoms with E-state index in [1.54, 1.807) is 30.3 Å². The van der Waals surface area contributed by atoms with Gasteiger partial charge in [0.2, 0.25) is 0 Å². The molecule has 27 heavy (non-hydrogen) atoms. The molecule has 0 bridgehead atoms. The highest BCUT2D eigenvalue weighted by atomic mass is 16.3. The normalized spacial score (nSPS) is 14.3. The van der Waals surface area contributed by atoms with Gasteiger partial charge in [-0.05, 0) is 35.2 Å². The monoisotopic (exact) mass is 360 g/mol. The molecule has 4 heteroatoms. The quantitative estimate of drug-likeness (QED) is 0.605. The molecule has 3 aromatic rings. The van der Waals surface area contributed by atoms with Crippen LogP contribution in [0.4, 0.5) is 0 Å². The third-order valence-electron chi connectivity index (χ3n) is 4.93. The van der Waals surface area contributed by atoms with E-state index >= 15 is 0 Å². The van der Waals surface area contributed by atoms with Crippen LogP contribution in [0.2, 0.25) is 0 Å². The van der Waals surface area contributed by atoms with Crippen molar-refractivity contribution in [3.05, 3.63) is 107 Å². The van der Waals surface area contributed by atoms with Crippen LogP contribution in [0.15, 0.2) is 84.9 Å². The molecule has 0 aliphatic carbocycles. The Labute approximate surface area is 159 Å². The Hall–Kier alpha value is -2.95. The highest BCUT2D eigenvalue weighted by Crippen LogP contribution is 2.32. The molecule has 3 rings (SSSR count). The third-order valence-corrected chi connectivity index (χ3v) is 4.93.